The highest BCUT2D eigenvalue weighted by molar-refractivity contribution is 5.79. The molecule has 1 saturated heterocycles. The van der Waals surface area contributed by atoms with Crippen molar-refractivity contribution < 1.29 is 38.7 Å². The van der Waals surface area contributed by atoms with Gasteiger partial charge >= 0.3 is 5.97 Å². The van der Waals surface area contributed by atoms with Crippen LogP contribution < -0.4 is 18.9 Å². The number of aliphatic carboxylic acids is 1. The topological polar surface area (TPSA) is 118 Å². The van der Waals surface area contributed by atoms with Crippen molar-refractivity contribution in [2.45, 2.75) is 44.6 Å². The van der Waals surface area contributed by atoms with Gasteiger partial charge in [0.15, 0.2) is 23.0 Å². The molecule has 2 aliphatic heterocycles. The van der Waals surface area contributed by atoms with Crippen LogP contribution in [-0.4, -0.2) is 91.2 Å². The SMILES string of the molecule is CCCCN(CCCO)C(=O)CN1C[C@H](c2ccc3c(c2)OCO3)[C@@H](C(=O)O)[C@@H]1CCOc1ccccc1OC. The van der Waals surface area contributed by atoms with E-state index in [1.165, 1.54) is 0 Å². The number of fused-ring (bicyclic) bond motifs is 1. The Hall–Kier alpha value is -3.50. The van der Waals surface area contributed by atoms with E-state index in [4.69, 9.17) is 18.9 Å². The molecule has 10 nitrogen and oxygen atoms in total. The molecule has 10 heteroatoms. The predicted molar refractivity (Wildman–Crippen MR) is 148 cm³/mol. The number of amides is 1. The van der Waals surface area contributed by atoms with Crippen LogP contribution in [0.3, 0.4) is 0 Å². The first-order chi connectivity index (χ1) is 19.5. The van der Waals surface area contributed by atoms with E-state index in [1.54, 1.807) is 12.0 Å². The van der Waals surface area contributed by atoms with Crippen molar-refractivity contribution in [2.75, 3.05) is 53.3 Å². The number of methoxy groups -OCH3 is 1. The summed E-state index contributed by atoms with van der Waals surface area (Å²) in [6.07, 6.45) is 2.73. The zero-order valence-electron chi connectivity index (χ0n) is 23.3. The number of nitrogens with zero attached hydrogens (tertiary/aromatic N) is 2. The number of hydrogen-bond donors (Lipinski definition) is 2. The molecule has 40 heavy (non-hydrogen) atoms. The number of hydrogen-bond acceptors (Lipinski definition) is 8. The minimum Gasteiger partial charge on any atom is -0.493 e. The molecule has 218 valence electrons. The smallest absolute Gasteiger partial charge is 0.308 e. The number of carboxylic acids is 1. The minimum atomic E-state index is -0.914. The lowest BCUT2D eigenvalue weighted by Crippen LogP contribution is -2.45. The first kappa shape index (κ1) is 29.5. The van der Waals surface area contributed by atoms with Crippen LogP contribution in [0.15, 0.2) is 42.5 Å². The van der Waals surface area contributed by atoms with Gasteiger partial charge in [0.1, 0.15) is 0 Å². The third kappa shape index (κ3) is 6.98. The molecule has 2 heterocycles. The average molecular weight is 557 g/mol. The Morgan fingerprint density at radius 1 is 1.07 bits per heavy atom. The molecule has 0 aliphatic carbocycles. The molecule has 4 rings (SSSR count). The molecule has 0 bridgehead atoms. The number of aliphatic hydroxyl groups is 1. The molecule has 0 saturated carbocycles. The van der Waals surface area contributed by atoms with Crippen LogP contribution in [0.25, 0.3) is 0 Å². The lowest BCUT2D eigenvalue weighted by atomic mass is 9.84. The van der Waals surface area contributed by atoms with Crippen LogP contribution in [0.5, 0.6) is 23.0 Å². The van der Waals surface area contributed by atoms with Crippen molar-refractivity contribution in [1.29, 1.82) is 0 Å². The molecule has 2 aliphatic rings. The molecule has 0 aromatic heterocycles. The summed E-state index contributed by atoms with van der Waals surface area (Å²) < 4.78 is 22.4. The maximum atomic E-state index is 13.5. The fourth-order valence-corrected chi connectivity index (χ4v) is 5.61. The van der Waals surface area contributed by atoms with Gasteiger partial charge in [0.05, 0.1) is 26.2 Å². The number of carboxylic acid groups (broad SMARTS) is 1. The summed E-state index contributed by atoms with van der Waals surface area (Å²) in [5.74, 6) is 0.341. The van der Waals surface area contributed by atoms with Gasteiger partial charge in [0.25, 0.3) is 0 Å². The fourth-order valence-electron chi connectivity index (χ4n) is 5.61. The predicted octanol–water partition coefficient (Wildman–Crippen LogP) is 3.37. The molecule has 1 amide bonds. The van der Waals surface area contributed by atoms with Crippen LogP contribution in [0.2, 0.25) is 0 Å². The van der Waals surface area contributed by atoms with Crippen LogP contribution in [0.1, 0.15) is 44.1 Å². The number of para-hydroxylation sites is 2. The maximum absolute atomic E-state index is 13.5. The molecular formula is C30H40N2O8. The number of benzene rings is 2. The molecule has 2 aromatic rings. The summed E-state index contributed by atoms with van der Waals surface area (Å²) in [6, 6.07) is 12.4. The van der Waals surface area contributed by atoms with Gasteiger partial charge in [-0.3, -0.25) is 14.5 Å². The van der Waals surface area contributed by atoms with Crippen LogP contribution >= 0.6 is 0 Å². The van der Waals surface area contributed by atoms with E-state index in [2.05, 4.69) is 6.92 Å². The van der Waals surface area contributed by atoms with E-state index in [-0.39, 0.29) is 38.4 Å². The van der Waals surface area contributed by atoms with Crippen LogP contribution in [-0.2, 0) is 9.59 Å². The Bertz CT molecular complexity index is 1130. The second kappa shape index (κ2) is 14.2. The van der Waals surface area contributed by atoms with Crippen molar-refractivity contribution in [2.24, 2.45) is 5.92 Å². The van der Waals surface area contributed by atoms with Crippen molar-refractivity contribution in [1.82, 2.24) is 9.80 Å². The molecule has 0 unspecified atom stereocenters. The van der Waals surface area contributed by atoms with Gasteiger partial charge in [-0.05, 0) is 49.1 Å². The van der Waals surface area contributed by atoms with Crippen molar-refractivity contribution in [3.05, 3.63) is 48.0 Å². The fraction of sp³-hybridized carbons (Fsp3) is 0.533. The molecular weight excluding hydrogens is 516 g/mol. The number of aliphatic hydroxyl groups excluding tert-OH is 1. The second-order valence-corrected chi connectivity index (χ2v) is 10.2. The molecule has 2 aromatic carbocycles. The lowest BCUT2D eigenvalue weighted by molar-refractivity contribution is -0.144. The zero-order chi connectivity index (χ0) is 28.5. The van der Waals surface area contributed by atoms with Crippen molar-refractivity contribution in [3.63, 3.8) is 0 Å². The Morgan fingerprint density at radius 3 is 2.55 bits per heavy atom. The van der Waals surface area contributed by atoms with Gasteiger partial charge in [-0.1, -0.05) is 31.5 Å². The first-order valence-electron chi connectivity index (χ1n) is 14.0. The summed E-state index contributed by atoms with van der Waals surface area (Å²) in [5, 5.41) is 19.8. The van der Waals surface area contributed by atoms with Gasteiger partial charge in [-0.2, -0.15) is 0 Å². The average Bonchev–Trinajstić information content (AvgIpc) is 3.57. The highest BCUT2D eigenvalue weighted by Crippen LogP contribution is 2.43. The Balaban J connectivity index is 1.57. The highest BCUT2D eigenvalue weighted by atomic mass is 16.7. The van der Waals surface area contributed by atoms with Gasteiger partial charge < -0.3 is 34.1 Å². The van der Waals surface area contributed by atoms with E-state index in [9.17, 15) is 19.8 Å². The number of likely N-dealkylation sites (tertiary alicyclic amines) is 1. The number of carbonyl (C=O) groups excluding carboxylic acids is 1. The highest BCUT2D eigenvalue weighted by Gasteiger charge is 2.47. The van der Waals surface area contributed by atoms with E-state index < -0.39 is 17.9 Å². The molecule has 1 fully saturated rings. The lowest BCUT2D eigenvalue weighted by Gasteiger charge is -2.29. The van der Waals surface area contributed by atoms with E-state index in [1.807, 2.05) is 47.4 Å². The van der Waals surface area contributed by atoms with Gasteiger partial charge in [-0.25, -0.2) is 0 Å². The monoisotopic (exact) mass is 556 g/mol. The summed E-state index contributed by atoms with van der Waals surface area (Å²) in [5.41, 5.74) is 0.838. The summed E-state index contributed by atoms with van der Waals surface area (Å²) >= 11 is 0. The van der Waals surface area contributed by atoms with Crippen LogP contribution in [0.4, 0.5) is 0 Å². The van der Waals surface area contributed by atoms with Gasteiger partial charge in [0.2, 0.25) is 12.7 Å². The Labute approximate surface area is 235 Å². The Morgan fingerprint density at radius 2 is 1.82 bits per heavy atom. The third-order valence-electron chi connectivity index (χ3n) is 7.66. The van der Waals surface area contributed by atoms with E-state index >= 15 is 0 Å². The summed E-state index contributed by atoms with van der Waals surface area (Å²) in [6.45, 7) is 4.06. The summed E-state index contributed by atoms with van der Waals surface area (Å²) in [4.78, 5) is 30.0. The maximum Gasteiger partial charge on any atom is 0.308 e. The van der Waals surface area contributed by atoms with E-state index in [0.29, 0.717) is 55.5 Å². The normalized spacial score (nSPS) is 19.9. The largest absolute Gasteiger partial charge is 0.493 e. The molecule has 3 atom stereocenters. The van der Waals surface area contributed by atoms with Crippen molar-refractivity contribution >= 4 is 11.9 Å². The number of ether oxygens (including phenoxy) is 4. The Kier molecular flexibility index (Phi) is 10.5. The molecule has 0 radical (unpaired) electrons. The van der Waals surface area contributed by atoms with Crippen LogP contribution in [0, 0.1) is 5.92 Å². The minimum absolute atomic E-state index is 0.00973. The third-order valence-corrected chi connectivity index (χ3v) is 7.66. The van der Waals surface area contributed by atoms with E-state index in [0.717, 1.165) is 18.4 Å². The zero-order valence-corrected chi connectivity index (χ0v) is 23.3. The number of carbonyl (C=O) groups is 2. The number of unbranched alkanes of at least 4 members (excludes halogenated alkanes) is 1. The van der Waals surface area contributed by atoms with Gasteiger partial charge in [0, 0.05) is 38.2 Å². The first-order valence-corrected chi connectivity index (χ1v) is 14.0. The molecule has 2 N–H and O–H groups in total. The number of rotatable bonds is 15. The standard InChI is InChI=1S/C30H40N2O8/c1-3-4-13-31(14-7-15-33)28(34)19-32-18-22(21-10-11-26-27(17-21)40-20-39-26)29(30(35)36)23(32)12-16-38-25-9-6-5-8-24(25)37-2/h5-6,8-11,17,22-23,29,33H,3-4,7,12-16,18-20H2,1-2H3,(H,35,36)/t22-,23+,29-/m1/s1. The quantitative estimate of drug-likeness (QED) is 0.340. The summed E-state index contributed by atoms with van der Waals surface area (Å²) in [7, 11) is 1.57. The second-order valence-electron chi connectivity index (χ2n) is 10.2. The molecule has 0 spiro atoms. The van der Waals surface area contributed by atoms with Crippen molar-refractivity contribution in [3.8, 4) is 23.0 Å². The van der Waals surface area contributed by atoms with Gasteiger partial charge in [-0.15, -0.1) is 0 Å².